The molecule has 2 rings (SSSR count). The number of nitrogens with zero attached hydrogens (tertiary/aromatic N) is 1. The minimum absolute atomic E-state index is 1.07. The molecular formula is C10H17N3. The van der Waals surface area contributed by atoms with Gasteiger partial charge in [-0.1, -0.05) is 6.07 Å². The lowest BCUT2D eigenvalue weighted by atomic mass is 10.4. The molecule has 13 heavy (non-hydrogen) atoms. The zero-order valence-electron chi connectivity index (χ0n) is 8.09. The fourth-order valence-corrected chi connectivity index (χ4v) is 1.05. The molecule has 3 nitrogen and oxygen atoms in total. The highest BCUT2D eigenvalue weighted by molar-refractivity contribution is 4.99. The van der Waals surface area contributed by atoms with E-state index in [0.717, 1.165) is 31.9 Å². The first-order valence-corrected chi connectivity index (χ1v) is 4.68. The first kappa shape index (κ1) is 10.2. The van der Waals surface area contributed by atoms with Crippen molar-refractivity contribution in [3.05, 3.63) is 30.1 Å². The van der Waals surface area contributed by atoms with E-state index in [1.165, 1.54) is 0 Å². The predicted octanol–water partition coefficient (Wildman–Crippen LogP) is 0.569. The number of hydrogen-bond donors (Lipinski definition) is 2. The second kappa shape index (κ2) is 6.57. The number of nitrogens with one attached hydrogen (secondary N) is 2. The van der Waals surface area contributed by atoms with Gasteiger partial charge in [-0.3, -0.25) is 4.98 Å². The van der Waals surface area contributed by atoms with E-state index in [9.17, 15) is 0 Å². The molecule has 0 radical (unpaired) electrons. The number of pyridine rings is 1. The van der Waals surface area contributed by atoms with Gasteiger partial charge in [0.15, 0.2) is 0 Å². The molecule has 0 atom stereocenters. The van der Waals surface area contributed by atoms with Crippen LogP contribution in [0.1, 0.15) is 5.69 Å². The number of piperazine rings is 1. The number of rotatable bonds is 0. The highest BCUT2D eigenvalue weighted by atomic mass is 15.0. The predicted molar refractivity (Wildman–Crippen MR) is 54.7 cm³/mol. The highest BCUT2D eigenvalue weighted by Crippen LogP contribution is 1.86. The van der Waals surface area contributed by atoms with E-state index in [1.807, 2.05) is 25.1 Å². The second-order valence-electron chi connectivity index (χ2n) is 2.97. The number of hydrogen-bond acceptors (Lipinski definition) is 3. The Morgan fingerprint density at radius 2 is 1.69 bits per heavy atom. The lowest BCUT2D eigenvalue weighted by molar-refractivity contribution is 0.534. The molecule has 3 heteroatoms. The largest absolute Gasteiger partial charge is 0.314 e. The van der Waals surface area contributed by atoms with Gasteiger partial charge in [0.2, 0.25) is 0 Å². The van der Waals surface area contributed by atoms with E-state index >= 15 is 0 Å². The van der Waals surface area contributed by atoms with Crippen molar-refractivity contribution in [1.82, 2.24) is 15.6 Å². The average molecular weight is 179 g/mol. The van der Waals surface area contributed by atoms with Crippen LogP contribution in [0, 0.1) is 6.92 Å². The molecule has 0 aromatic carbocycles. The quantitative estimate of drug-likeness (QED) is 0.611. The second-order valence-corrected chi connectivity index (χ2v) is 2.97. The van der Waals surface area contributed by atoms with Crippen molar-refractivity contribution in [2.24, 2.45) is 0 Å². The molecule has 2 N–H and O–H groups in total. The van der Waals surface area contributed by atoms with Crippen molar-refractivity contribution in [1.29, 1.82) is 0 Å². The molecule has 0 saturated carbocycles. The Hall–Kier alpha value is -0.930. The van der Waals surface area contributed by atoms with Crippen LogP contribution >= 0.6 is 0 Å². The van der Waals surface area contributed by atoms with Crippen LogP contribution in [-0.2, 0) is 0 Å². The zero-order chi connectivity index (χ0) is 9.36. The van der Waals surface area contributed by atoms with Crippen molar-refractivity contribution < 1.29 is 0 Å². The van der Waals surface area contributed by atoms with Crippen molar-refractivity contribution in [3.8, 4) is 0 Å². The summed E-state index contributed by atoms with van der Waals surface area (Å²) in [4.78, 5) is 3.98. The van der Waals surface area contributed by atoms with Gasteiger partial charge in [0.05, 0.1) is 0 Å². The van der Waals surface area contributed by atoms with Gasteiger partial charge in [-0.15, -0.1) is 0 Å². The summed E-state index contributed by atoms with van der Waals surface area (Å²) in [7, 11) is 0. The lowest BCUT2D eigenvalue weighted by Gasteiger charge is -2.11. The van der Waals surface area contributed by atoms with E-state index < -0.39 is 0 Å². The van der Waals surface area contributed by atoms with Gasteiger partial charge in [0.25, 0.3) is 0 Å². The van der Waals surface area contributed by atoms with E-state index in [4.69, 9.17) is 0 Å². The van der Waals surface area contributed by atoms with Crippen LogP contribution in [0.5, 0.6) is 0 Å². The normalized spacial score (nSPS) is 15.8. The van der Waals surface area contributed by atoms with Crippen LogP contribution < -0.4 is 10.6 Å². The van der Waals surface area contributed by atoms with Crippen molar-refractivity contribution in [2.75, 3.05) is 26.2 Å². The lowest BCUT2D eigenvalue weighted by Crippen LogP contribution is -2.39. The van der Waals surface area contributed by atoms with Crippen LogP contribution in [-0.4, -0.2) is 31.2 Å². The molecule has 1 saturated heterocycles. The van der Waals surface area contributed by atoms with Crippen LogP contribution in [0.2, 0.25) is 0 Å². The first-order chi connectivity index (χ1) is 6.39. The summed E-state index contributed by atoms with van der Waals surface area (Å²) < 4.78 is 0. The van der Waals surface area contributed by atoms with Gasteiger partial charge in [-0.25, -0.2) is 0 Å². The molecule has 0 spiro atoms. The average Bonchev–Trinajstić information content (AvgIpc) is 2.22. The summed E-state index contributed by atoms with van der Waals surface area (Å²) in [5.74, 6) is 0. The summed E-state index contributed by atoms with van der Waals surface area (Å²) in [5.41, 5.74) is 1.07. The summed E-state index contributed by atoms with van der Waals surface area (Å²) in [6, 6.07) is 5.86. The number of aromatic nitrogens is 1. The molecule has 0 aliphatic carbocycles. The molecule has 0 bridgehead atoms. The first-order valence-electron chi connectivity index (χ1n) is 4.68. The van der Waals surface area contributed by atoms with Crippen molar-refractivity contribution >= 4 is 0 Å². The third kappa shape index (κ3) is 5.33. The minimum Gasteiger partial charge on any atom is -0.314 e. The SMILES string of the molecule is C1CNCCN1.Cc1ccccn1. The molecule has 1 aromatic rings. The monoisotopic (exact) mass is 179 g/mol. The van der Waals surface area contributed by atoms with Crippen LogP contribution in [0.25, 0.3) is 0 Å². The summed E-state index contributed by atoms with van der Waals surface area (Å²) in [5, 5.41) is 6.44. The smallest absolute Gasteiger partial charge is 0.0372 e. The van der Waals surface area contributed by atoms with E-state index in [1.54, 1.807) is 6.20 Å². The van der Waals surface area contributed by atoms with E-state index in [-0.39, 0.29) is 0 Å². The van der Waals surface area contributed by atoms with Gasteiger partial charge < -0.3 is 10.6 Å². The van der Waals surface area contributed by atoms with Gasteiger partial charge in [-0.05, 0) is 19.1 Å². The molecule has 1 aromatic heterocycles. The van der Waals surface area contributed by atoms with Gasteiger partial charge in [0.1, 0.15) is 0 Å². The third-order valence-electron chi connectivity index (χ3n) is 1.77. The summed E-state index contributed by atoms with van der Waals surface area (Å²) >= 11 is 0. The molecule has 0 unspecified atom stereocenters. The summed E-state index contributed by atoms with van der Waals surface area (Å²) in [6.45, 7) is 6.53. The third-order valence-corrected chi connectivity index (χ3v) is 1.77. The Balaban J connectivity index is 0.000000132. The van der Waals surface area contributed by atoms with Crippen LogP contribution in [0.4, 0.5) is 0 Å². The highest BCUT2D eigenvalue weighted by Gasteiger charge is 1.91. The number of aryl methyl sites for hydroxylation is 1. The Kier molecular flexibility index (Phi) is 5.13. The molecule has 1 aliphatic heterocycles. The minimum atomic E-state index is 1.07. The van der Waals surface area contributed by atoms with Crippen molar-refractivity contribution in [3.63, 3.8) is 0 Å². The Morgan fingerprint density at radius 1 is 1.08 bits per heavy atom. The standard InChI is InChI=1S/C6H7N.C4H10N2/c1-6-4-2-3-5-7-6;1-2-6-4-3-5-1/h2-5H,1H3;5-6H,1-4H2. The van der Waals surface area contributed by atoms with E-state index in [2.05, 4.69) is 15.6 Å². The molecular weight excluding hydrogens is 162 g/mol. The van der Waals surface area contributed by atoms with Gasteiger partial charge >= 0.3 is 0 Å². The molecule has 72 valence electrons. The summed E-state index contributed by atoms with van der Waals surface area (Å²) in [6.07, 6.45) is 1.79. The zero-order valence-corrected chi connectivity index (χ0v) is 8.09. The molecule has 1 aliphatic rings. The van der Waals surface area contributed by atoms with Crippen LogP contribution in [0.3, 0.4) is 0 Å². The van der Waals surface area contributed by atoms with Gasteiger partial charge in [-0.2, -0.15) is 0 Å². The fraction of sp³-hybridized carbons (Fsp3) is 0.500. The Labute approximate surface area is 79.6 Å². The van der Waals surface area contributed by atoms with Crippen molar-refractivity contribution in [2.45, 2.75) is 6.92 Å². The van der Waals surface area contributed by atoms with E-state index in [0.29, 0.717) is 0 Å². The fourth-order valence-electron chi connectivity index (χ4n) is 1.05. The molecule has 0 amide bonds. The topological polar surface area (TPSA) is 37.0 Å². The maximum absolute atomic E-state index is 3.98. The molecule has 1 fully saturated rings. The van der Waals surface area contributed by atoms with Gasteiger partial charge in [0, 0.05) is 38.1 Å². The maximum atomic E-state index is 3.98. The Morgan fingerprint density at radius 3 is 1.92 bits per heavy atom. The van der Waals surface area contributed by atoms with Crippen LogP contribution in [0.15, 0.2) is 24.4 Å². The Bertz CT molecular complexity index is 195. The molecule has 2 heterocycles. The maximum Gasteiger partial charge on any atom is 0.0372 e.